The van der Waals surface area contributed by atoms with Crippen molar-refractivity contribution in [1.82, 2.24) is 15.1 Å². The van der Waals surface area contributed by atoms with Gasteiger partial charge in [-0.05, 0) is 38.3 Å². The maximum atomic E-state index is 12.2. The fourth-order valence-corrected chi connectivity index (χ4v) is 2.70. The van der Waals surface area contributed by atoms with Crippen molar-refractivity contribution in [2.45, 2.75) is 39.7 Å². The van der Waals surface area contributed by atoms with Gasteiger partial charge in [-0.2, -0.15) is 0 Å². The van der Waals surface area contributed by atoms with E-state index in [1.54, 1.807) is 4.90 Å². The quantitative estimate of drug-likeness (QED) is 0.824. The first-order valence-corrected chi connectivity index (χ1v) is 7.54. The molecule has 6 heteroatoms. The fourth-order valence-electron chi connectivity index (χ4n) is 2.70. The van der Waals surface area contributed by atoms with Crippen LogP contribution in [0.15, 0.2) is 0 Å². The maximum Gasteiger partial charge on any atom is 0.326 e. The second-order valence-electron chi connectivity index (χ2n) is 7.28. The van der Waals surface area contributed by atoms with Gasteiger partial charge in [-0.3, -0.25) is 0 Å². The zero-order valence-corrected chi connectivity index (χ0v) is 13.8. The molecule has 1 atom stereocenters. The third kappa shape index (κ3) is 5.53. The van der Waals surface area contributed by atoms with Gasteiger partial charge in [0.1, 0.15) is 6.04 Å². The van der Waals surface area contributed by atoms with Crippen LogP contribution in [0.25, 0.3) is 0 Å². The van der Waals surface area contributed by atoms with Crippen molar-refractivity contribution in [3.63, 3.8) is 0 Å². The fraction of sp³-hybridized carbons (Fsp3) is 0.867. The highest BCUT2D eigenvalue weighted by Gasteiger charge is 2.34. The summed E-state index contributed by atoms with van der Waals surface area (Å²) in [6, 6.07) is -1.13. The van der Waals surface area contributed by atoms with E-state index in [-0.39, 0.29) is 6.03 Å². The Morgan fingerprint density at radius 3 is 2.19 bits per heavy atom. The standard InChI is InChI=1S/C15H29N3O3/c1-15(2,3)12(13(19)20)16-14(21)18-8-6-11(7-9-18)10-17(4)5/h11-12H,6-10H2,1-5H3,(H,16,21)(H,19,20)/t12-/m1/s1. The second kappa shape index (κ2) is 7.11. The van der Waals surface area contributed by atoms with Crippen LogP contribution in [0.2, 0.25) is 0 Å². The summed E-state index contributed by atoms with van der Waals surface area (Å²) in [5.41, 5.74) is -0.509. The second-order valence-corrected chi connectivity index (χ2v) is 7.28. The van der Waals surface area contributed by atoms with E-state index in [1.807, 2.05) is 20.8 Å². The number of hydrogen-bond donors (Lipinski definition) is 2. The summed E-state index contributed by atoms with van der Waals surface area (Å²) in [6.07, 6.45) is 1.94. The molecule has 0 aliphatic carbocycles. The van der Waals surface area contributed by atoms with Gasteiger partial charge in [0.15, 0.2) is 0 Å². The van der Waals surface area contributed by atoms with Gasteiger partial charge in [-0.1, -0.05) is 20.8 Å². The Bertz CT molecular complexity index is 369. The molecule has 1 aliphatic rings. The van der Waals surface area contributed by atoms with Gasteiger partial charge >= 0.3 is 12.0 Å². The number of amides is 2. The average molecular weight is 299 g/mol. The minimum atomic E-state index is -0.988. The van der Waals surface area contributed by atoms with E-state index < -0.39 is 17.4 Å². The van der Waals surface area contributed by atoms with Crippen LogP contribution in [-0.2, 0) is 4.79 Å². The van der Waals surface area contributed by atoms with Gasteiger partial charge in [-0.25, -0.2) is 9.59 Å². The van der Waals surface area contributed by atoms with E-state index in [9.17, 15) is 14.7 Å². The summed E-state index contributed by atoms with van der Waals surface area (Å²) in [5.74, 6) is -0.375. The highest BCUT2D eigenvalue weighted by molar-refractivity contribution is 5.83. The van der Waals surface area contributed by atoms with E-state index >= 15 is 0 Å². The lowest BCUT2D eigenvalue weighted by Crippen LogP contribution is -2.54. The number of carboxylic acid groups (broad SMARTS) is 1. The third-order valence-electron chi connectivity index (χ3n) is 3.91. The predicted molar refractivity (Wildman–Crippen MR) is 82.3 cm³/mol. The van der Waals surface area contributed by atoms with Crippen molar-refractivity contribution in [3.8, 4) is 0 Å². The Kier molecular flexibility index (Phi) is 6.01. The van der Waals surface area contributed by atoms with Crippen LogP contribution < -0.4 is 5.32 Å². The molecule has 0 unspecified atom stereocenters. The van der Waals surface area contributed by atoms with E-state index in [0.29, 0.717) is 19.0 Å². The number of aliphatic carboxylic acids is 1. The lowest BCUT2D eigenvalue weighted by Gasteiger charge is -2.35. The zero-order chi connectivity index (χ0) is 16.2. The summed E-state index contributed by atoms with van der Waals surface area (Å²) in [5, 5.41) is 11.9. The molecular weight excluding hydrogens is 270 g/mol. The van der Waals surface area contributed by atoms with Gasteiger partial charge in [0.05, 0.1) is 0 Å². The summed E-state index contributed by atoms with van der Waals surface area (Å²) in [6.45, 7) is 7.87. The molecule has 1 rings (SSSR count). The number of urea groups is 1. The molecule has 21 heavy (non-hydrogen) atoms. The molecule has 122 valence electrons. The third-order valence-corrected chi connectivity index (χ3v) is 3.91. The molecule has 0 aromatic carbocycles. The van der Waals surface area contributed by atoms with Crippen LogP contribution in [0.1, 0.15) is 33.6 Å². The lowest BCUT2D eigenvalue weighted by atomic mass is 9.87. The number of nitrogens with zero attached hydrogens (tertiary/aromatic N) is 2. The van der Waals surface area contributed by atoms with E-state index in [4.69, 9.17) is 0 Å². The zero-order valence-electron chi connectivity index (χ0n) is 13.8. The Hall–Kier alpha value is -1.30. The van der Waals surface area contributed by atoms with Crippen LogP contribution in [0, 0.1) is 11.3 Å². The lowest BCUT2D eigenvalue weighted by molar-refractivity contribution is -0.142. The summed E-state index contributed by atoms with van der Waals surface area (Å²) in [7, 11) is 4.11. The van der Waals surface area contributed by atoms with Crippen molar-refractivity contribution < 1.29 is 14.7 Å². The Labute approximate surface area is 127 Å². The van der Waals surface area contributed by atoms with Crippen LogP contribution in [0.3, 0.4) is 0 Å². The molecule has 1 heterocycles. The van der Waals surface area contributed by atoms with E-state index in [1.165, 1.54) is 0 Å². The molecule has 0 aromatic rings. The van der Waals surface area contributed by atoms with Crippen molar-refractivity contribution in [2.24, 2.45) is 11.3 Å². The highest BCUT2D eigenvalue weighted by Crippen LogP contribution is 2.21. The molecular formula is C15H29N3O3. The van der Waals surface area contributed by atoms with Gasteiger partial charge in [0, 0.05) is 19.6 Å². The van der Waals surface area contributed by atoms with Gasteiger partial charge in [-0.15, -0.1) is 0 Å². The topological polar surface area (TPSA) is 72.9 Å². The number of carbonyl (C=O) groups is 2. The van der Waals surface area contributed by atoms with Crippen molar-refractivity contribution in [3.05, 3.63) is 0 Å². The molecule has 0 bridgehead atoms. The Balaban J connectivity index is 2.52. The summed E-state index contributed by atoms with van der Waals surface area (Å²) >= 11 is 0. The minimum Gasteiger partial charge on any atom is -0.480 e. The summed E-state index contributed by atoms with van der Waals surface area (Å²) < 4.78 is 0. The molecule has 0 aromatic heterocycles. The van der Waals surface area contributed by atoms with Gasteiger partial charge < -0.3 is 20.2 Å². The number of nitrogens with one attached hydrogen (secondary N) is 1. The van der Waals surface area contributed by atoms with Gasteiger partial charge in [0.25, 0.3) is 0 Å². The Morgan fingerprint density at radius 1 is 1.29 bits per heavy atom. The Morgan fingerprint density at radius 2 is 1.81 bits per heavy atom. The number of carbonyl (C=O) groups excluding carboxylic acids is 1. The number of piperidine rings is 1. The highest BCUT2D eigenvalue weighted by atomic mass is 16.4. The van der Waals surface area contributed by atoms with Crippen molar-refractivity contribution >= 4 is 12.0 Å². The van der Waals surface area contributed by atoms with Crippen LogP contribution in [0.4, 0.5) is 4.79 Å². The first kappa shape index (κ1) is 17.8. The molecule has 1 saturated heterocycles. The van der Waals surface area contributed by atoms with Crippen molar-refractivity contribution in [2.75, 3.05) is 33.7 Å². The molecule has 2 amide bonds. The van der Waals surface area contributed by atoms with E-state index in [2.05, 4.69) is 24.3 Å². The monoisotopic (exact) mass is 299 g/mol. The molecule has 6 nitrogen and oxygen atoms in total. The summed E-state index contributed by atoms with van der Waals surface area (Å²) in [4.78, 5) is 27.4. The minimum absolute atomic E-state index is 0.263. The normalized spacial score (nSPS) is 18.7. The maximum absolute atomic E-state index is 12.2. The number of hydrogen-bond acceptors (Lipinski definition) is 3. The average Bonchev–Trinajstić information content (AvgIpc) is 2.34. The number of likely N-dealkylation sites (tertiary alicyclic amines) is 1. The van der Waals surface area contributed by atoms with Crippen LogP contribution >= 0.6 is 0 Å². The van der Waals surface area contributed by atoms with Crippen LogP contribution in [0.5, 0.6) is 0 Å². The first-order chi connectivity index (χ1) is 9.61. The molecule has 0 saturated carbocycles. The van der Waals surface area contributed by atoms with Gasteiger partial charge in [0.2, 0.25) is 0 Å². The number of rotatable bonds is 4. The molecule has 1 fully saturated rings. The molecule has 1 aliphatic heterocycles. The predicted octanol–water partition coefficient (Wildman–Crippen LogP) is 1.47. The molecule has 0 radical (unpaired) electrons. The molecule has 0 spiro atoms. The van der Waals surface area contributed by atoms with Crippen molar-refractivity contribution in [1.29, 1.82) is 0 Å². The molecule has 2 N–H and O–H groups in total. The number of carboxylic acids is 1. The first-order valence-electron chi connectivity index (χ1n) is 7.54. The smallest absolute Gasteiger partial charge is 0.326 e. The largest absolute Gasteiger partial charge is 0.480 e. The van der Waals surface area contributed by atoms with E-state index in [0.717, 1.165) is 19.4 Å². The van der Waals surface area contributed by atoms with Crippen LogP contribution in [-0.4, -0.2) is 66.7 Å². The SMILES string of the molecule is CN(C)CC1CCN(C(=O)N[C@H](C(=O)O)C(C)(C)C)CC1.